The Bertz CT molecular complexity index is 692. The Hall–Kier alpha value is -2.09. The zero-order valence-electron chi connectivity index (χ0n) is 14.1. The zero-order valence-corrected chi connectivity index (χ0v) is 14.9. The second kappa shape index (κ2) is 8.33. The van der Waals surface area contributed by atoms with Crippen LogP contribution in [0.3, 0.4) is 0 Å². The topological polar surface area (TPSA) is 71.0 Å². The lowest BCUT2D eigenvalue weighted by molar-refractivity contribution is -0.00382. The number of thiophene rings is 1. The molecule has 1 fully saturated rings. The average Bonchev–Trinajstić information content (AvgIpc) is 3.17. The molecule has 7 heteroatoms. The van der Waals surface area contributed by atoms with Crippen molar-refractivity contribution in [1.29, 1.82) is 0 Å². The van der Waals surface area contributed by atoms with E-state index in [0.29, 0.717) is 37.6 Å². The van der Waals surface area contributed by atoms with E-state index in [2.05, 4.69) is 5.32 Å². The maximum absolute atomic E-state index is 12.7. The van der Waals surface area contributed by atoms with Gasteiger partial charge in [-0.15, -0.1) is 11.3 Å². The molecule has 2 aromatic rings. The molecule has 1 aromatic carbocycles. The van der Waals surface area contributed by atoms with Crippen molar-refractivity contribution < 1.29 is 19.4 Å². The molecular weight excluding hydrogens is 340 g/mol. The molecule has 0 saturated carbocycles. The molecule has 1 saturated heterocycles. The summed E-state index contributed by atoms with van der Waals surface area (Å²) in [6.45, 7) is 1.42. The molecule has 2 N–H and O–H groups in total. The molecular formula is C18H22N2O4S. The van der Waals surface area contributed by atoms with E-state index in [4.69, 9.17) is 9.47 Å². The highest BCUT2D eigenvalue weighted by molar-refractivity contribution is 7.10. The number of hydrogen-bond donors (Lipinski definition) is 2. The Labute approximate surface area is 151 Å². The molecule has 0 aliphatic carbocycles. The molecule has 3 rings (SSSR count). The number of methoxy groups -OCH3 is 1. The second-order valence-corrected chi connectivity index (χ2v) is 6.83. The number of benzene rings is 1. The molecule has 1 aliphatic heterocycles. The van der Waals surface area contributed by atoms with E-state index in [1.165, 1.54) is 11.3 Å². The smallest absolute Gasteiger partial charge is 0.322 e. The predicted octanol–water partition coefficient (Wildman–Crippen LogP) is 3.11. The number of anilines is 1. The summed E-state index contributed by atoms with van der Waals surface area (Å²) in [5.41, 5.74) is 0.674. The van der Waals surface area contributed by atoms with Crippen LogP contribution in [-0.4, -0.2) is 48.9 Å². The zero-order chi connectivity index (χ0) is 17.6. The van der Waals surface area contributed by atoms with Crippen LogP contribution in [0.15, 0.2) is 41.8 Å². The first kappa shape index (κ1) is 17.7. The van der Waals surface area contributed by atoms with Crippen molar-refractivity contribution in [2.45, 2.75) is 18.6 Å². The highest BCUT2D eigenvalue weighted by Crippen LogP contribution is 2.26. The lowest BCUT2D eigenvalue weighted by Gasteiger charge is -2.36. The highest BCUT2D eigenvalue weighted by atomic mass is 32.1. The molecule has 134 valence electrons. The van der Waals surface area contributed by atoms with E-state index in [1.54, 1.807) is 18.1 Å². The number of urea groups is 1. The van der Waals surface area contributed by atoms with Crippen LogP contribution in [0.2, 0.25) is 0 Å². The summed E-state index contributed by atoms with van der Waals surface area (Å²) in [7, 11) is 1.59. The summed E-state index contributed by atoms with van der Waals surface area (Å²) in [6, 6.07) is 10.7. The maximum atomic E-state index is 12.7. The minimum Gasteiger partial charge on any atom is -0.497 e. The molecule has 2 atom stereocenters. The normalized spacial score (nSPS) is 18.6. The maximum Gasteiger partial charge on any atom is 0.322 e. The van der Waals surface area contributed by atoms with Gasteiger partial charge in [-0.05, 0) is 23.6 Å². The highest BCUT2D eigenvalue weighted by Gasteiger charge is 2.30. The number of carbonyl (C=O) groups excluding carboxylic acids is 1. The standard InChI is InChI=1S/C18H22N2O4S/c1-23-15-5-2-4-13(10-15)19-18(22)20-7-8-24-12-14(20)11-16(21)17-6-3-9-25-17/h2-6,9-10,14,16,21H,7-8,11-12H2,1H3,(H,19,22)/t14-,16-/m1/s1. The number of aliphatic hydroxyl groups is 1. The van der Waals surface area contributed by atoms with Crippen molar-refractivity contribution in [2.24, 2.45) is 0 Å². The van der Waals surface area contributed by atoms with E-state index in [0.717, 1.165) is 4.88 Å². The molecule has 0 unspecified atom stereocenters. The van der Waals surface area contributed by atoms with Crippen molar-refractivity contribution in [3.05, 3.63) is 46.7 Å². The molecule has 6 nitrogen and oxygen atoms in total. The first-order valence-corrected chi connectivity index (χ1v) is 9.06. The molecule has 1 aromatic heterocycles. The van der Waals surface area contributed by atoms with Gasteiger partial charge in [-0.2, -0.15) is 0 Å². The number of morpholine rings is 1. The number of nitrogens with zero attached hydrogens (tertiary/aromatic N) is 1. The van der Waals surface area contributed by atoms with Crippen LogP contribution in [-0.2, 0) is 4.74 Å². The van der Waals surface area contributed by atoms with E-state index >= 15 is 0 Å². The summed E-state index contributed by atoms with van der Waals surface area (Å²) >= 11 is 1.51. The lowest BCUT2D eigenvalue weighted by atomic mass is 10.1. The molecule has 2 heterocycles. The first-order valence-electron chi connectivity index (χ1n) is 8.18. The van der Waals surface area contributed by atoms with Crippen molar-refractivity contribution in [3.8, 4) is 5.75 Å². The summed E-state index contributed by atoms with van der Waals surface area (Å²) < 4.78 is 10.7. The van der Waals surface area contributed by atoms with Gasteiger partial charge in [0.15, 0.2) is 0 Å². The van der Waals surface area contributed by atoms with Gasteiger partial charge >= 0.3 is 6.03 Å². The number of aliphatic hydroxyl groups excluding tert-OH is 1. The van der Waals surface area contributed by atoms with Crippen molar-refractivity contribution in [1.82, 2.24) is 4.90 Å². The third-order valence-corrected chi connectivity index (χ3v) is 5.15. The molecule has 25 heavy (non-hydrogen) atoms. The van der Waals surface area contributed by atoms with E-state index in [9.17, 15) is 9.90 Å². The Balaban J connectivity index is 1.66. The van der Waals surface area contributed by atoms with Crippen molar-refractivity contribution >= 4 is 23.1 Å². The average molecular weight is 362 g/mol. The second-order valence-electron chi connectivity index (χ2n) is 5.85. The van der Waals surface area contributed by atoms with E-state index < -0.39 is 6.10 Å². The number of rotatable bonds is 5. The number of nitrogens with one attached hydrogen (secondary N) is 1. The summed E-state index contributed by atoms with van der Waals surface area (Å²) in [4.78, 5) is 15.3. The van der Waals surface area contributed by atoms with Crippen LogP contribution >= 0.6 is 11.3 Å². The van der Waals surface area contributed by atoms with Crippen LogP contribution in [0, 0.1) is 0 Å². The van der Waals surface area contributed by atoms with Gasteiger partial charge in [-0.25, -0.2) is 4.79 Å². The quantitative estimate of drug-likeness (QED) is 0.857. The summed E-state index contributed by atoms with van der Waals surface area (Å²) in [6.07, 6.45) is -0.148. The number of hydrogen-bond acceptors (Lipinski definition) is 5. The SMILES string of the molecule is COc1cccc(NC(=O)N2CCOC[C@H]2C[C@@H](O)c2cccs2)c1. The van der Waals surface area contributed by atoms with Gasteiger partial charge in [-0.3, -0.25) is 0 Å². The monoisotopic (exact) mass is 362 g/mol. The van der Waals surface area contributed by atoms with E-state index in [1.807, 2.05) is 35.7 Å². The van der Waals surface area contributed by atoms with Gasteiger partial charge in [0.25, 0.3) is 0 Å². The molecule has 1 aliphatic rings. The number of amides is 2. The van der Waals surface area contributed by atoms with Crippen molar-refractivity contribution in [2.75, 3.05) is 32.2 Å². The van der Waals surface area contributed by atoms with Gasteiger partial charge < -0.3 is 24.8 Å². The van der Waals surface area contributed by atoms with Crippen molar-refractivity contribution in [3.63, 3.8) is 0 Å². The van der Waals surface area contributed by atoms with Crippen LogP contribution < -0.4 is 10.1 Å². The summed E-state index contributed by atoms with van der Waals surface area (Å²) in [5.74, 6) is 0.685. The van der Waals surface area contributed by atoms with Gasteiger partial charge in [0, 0.05) is 29.6 Å². The summed E-state index contributed by atoms with van der Waals surface area (Å²) in [5, 5.41) is 15.2. The molecule has 0 spiro atoms. The predicted molar refractivity (Wildman–Crippen MR) is 97.2 cm³/mol. The minimum absolute atomic E-state index is 0.170. The largest absolute Gasteiger partial charge is 0.497 e. The fraction of sp³-hybridized carbons (Fsp3) is 0.389. The Kier molecular flexibility index (Phi) is 5.91. The molecule has 0 radical (unpaired) electrons. The van der Waals surface area contributed by atoms with Gasteiger partial charge in [0.2, 0.25) is 0 Å². The van der Waals surface area contributed by atoms with Gasteiger partial charge in [0.1, 0.15) is 5.75 Å². The Morgan fingerprint density at radius 1 is 1.48 bits per heavy atom. The van der Waals surface area contributed by atoms with Crippen LogP contribution in [0.25, 0.3) is 0 Å². The fourth-order valence-electron chi connectivity index (χ4n) is 2.87. The van der Waals surface area contributed by atoms with E-state index in [-0.39, 0.29) is 12.1 Å². The Morgan fingerprint density at radius 2 is 2.36 bits per heavy atom. The van der Waals surface area contributed by atoms with Crippen LogP contribution in [0.4, 0.5) is 10.5 Å². The number of ether oxygens (including phenoxy) is 2. The van der Waals surface area contributed by atoms with Crippen LogP contribution in [0.5, 0.6) is 5.75 Å². The first-order chi connectivity index (χ1) is 12.2. The van der Waals surface area contributed by atoms with Crippen LogP contribution in [0.1, 0.15) is 17.4 Å². The Morgan fingerprint density at radius 3 is 3.12 bits per heavy atom. The van der Waals surface area contributed by atoms with Gasteiger partial charge in [0.05, 0.1) is 32.5 Å². The number of carbonyl (C=O) groups is 1. The lowest BCUT2D eigenvalue weighted by Crippen LogP contribution is -2.50. The third-order valence-electron chi connectivity index (χ3n) is 4.18. The fourth-order valence-corrected chi connectivity index (χ4v) is 3.59. The third kappa shape index (κ3) is 4.50. The van der Waals surface area contributed by atoms with Gasteiger partial charge in [-0.1, -0.05) is 12.1 Å². The molecule has 0 bridgehead atoms. The molecule has 2 amide bonds. The minimum atomic E-state index is -0.598.